The Morgan fingerprint density at radius 2 is 1.35 bits per heavy atom. The third-order valence-electron chi connectivity index (χ3n) is 4.53. The molecule has 0 saturated carbocycles. The fourth-order valence-electron chi connectivity index (χ4n) is 3.22. The maximum absolute atomic E-state index is 3.71. The lowest BCUT2D eigenvalue weighted by Crippen LogP contribution is -2.22. The third-order valence-corrected chi connectivity index (χ3v) is 10.9. The van der Waals surface area contributed by atoms with Gasteiger partial charge in [-0.1, -0.05) is 13.8 Å². The molecule has 3 heteroatoms. The summed E-state index contributed by atoms with van der Waals surface area (Å²) < 4.78 is 0. The second-order valence-electron chi connectivity index (χ2n) is 5.80. The molecule has 0 radical (unpaired) electrons. The van der Waals surface area contributed by atoms with E-state index >= 15 is 0 Å². The number of hydrogen-bond donors (Lipinski definition) is 1. The first-order chi connectivity index (χ1) is 8.27. The SMILES string of the molecule is CC1CCCP1CCNCCP1CCCC1C. The second kappa shape index (κ2) is 7.42. The quantitative estimate of drug-likeness (QED) is 0.571. The predicted octanol–water partition coefficient (Wildman–Crippen LogP) is 3.90. The van der Waals surface area contributed by atoms with Crippen molar-refractivity contribution in [1.29, 1.82) is 0 Å². The molecule has 0 spiro atoms. The highest BCUT2D eigenvalue weighted by atomic mass is 31.1. The van der Waals surface area contributed by atoms with E-state index in [2.05, 4.69) is 19.2 Å². The summed E-state index contributed by atoms with van der Waals surface area (Å²) >= 11 is 0. The molecule has 2 aliphatic heterocycles. The van der Waals surface area contributed by atoms with Gasteiger partial charge >= 0.3 is 0 Å². The van der Waals surface area contributed by atoms with E-state index in [1.54, 1.807) is 12.3 Å². The Hall–Kier alpha value is 0.820. The average molecular weight is 273 g/mol. The Labute approximate surface area is 110 Å². The smallest absolute Gasteiger partial charge is 0.000926 e. The first kappa shape index (κ1) is 14.2. The molecule has 4 unspecified atom stereocenters. The summed E-state index contributed by atoms with van der Waals surface area (Å²) in [5, 5.41) is 3.71. The molecule has 2 aliphatic rings. The van der Waals surface area contributed by atoms with Crippen molar-refractivity contribution in [2.45, 2.75) is 50.8 Å². The fraction of sp³-hybridized carbons (Fsp3) is 1.00. The molecule has 0 aliphatic carbocycles. The molecule has 17 heavy (non-hydrogen) atoms. The van der Waals surface area contributed by atoms with Gasteiger partial charge in [0.1, 0.15) is 0 Å². The van der Waals surface area contributed by atoms with Crippen LogP contribution in [-0.2, 0) is 0 Å². The average Bonchev–Trinajstić information content (AvgIpc) is 2.89. The van der Waals surface area contributed by atoms with Crippen LogP contribution in [0.1, 0.15) is 39.5 Å². The highest BCUT2D eigenvalue weighted by Crippen LogP contribution is 2.50. The van der Waals surface area contributed by atoms with Gasteiger partial charge in [0.05, 0.1) is 0 Å². The molecule has 1 N–H and O–H groups in total. The lowest BCUT2D eigenvalue weighted by atomic mass is 10.3. The van der Waals surface area contributed by atoms with E-state index in [-0.39, 0.29) is 0 Å². The van der Waals surface area contributed by atoms with E-state index in [1.807, 2.05) is 0 Å². The molecule has 2 heterocycles. The lowest BCUT2D eigenvalue weighted by molar-refractivity contribution is 0.765. The summed E-state index contributed by atoms with van der Waals surface area (Å²) in [5.41, 5.74) is 2.12. The zero-order valence-corrected chi connectivity index (χ0v) is 13.4. The van der Waals surface area contributed by atoms with Crippen LogP contribution in [0.5, 0.6) is 0 Å². The summed E-state index contributed by atoms with van der Waals surface area (Å²) in [4.78, 5) is 0. The van der Waals surface area contributed by atoms with Crippen LogP contribution >= 0.6 is 15.8 Å². The van der Waals surface area contributed by atoms with Crippen LogP contribution in [-0.4, -0.2) is 49.1 Å². The third kappa shape index (κ3) is 4.45. The largest absolute Gasteiger partial charge is 0.316 e. The molecule has 2 rings (SSSR count). The van der Waals surface area contributed by atoms with Gasteiger partial charge in [-0.3, -0.25) is 0 Å². The number of hydrogen-bond acceptors (Lipinski definition) is 1. The van der Waals surface area contributed by atoms with Gasteiger partial charge in [-0.05, 0) is 74.7 Å². The van der Waals surface area contributed by atoms with Crippen LogP contribution in [0.15, 0.2) is 0 Å². The summed E-state index contributed by atoms with van der Waals surface area (Å²) in [6.07, 6.45) is 12.1. The topological polar surface area (TPSA) is 12.0 Å². The van der Waals surface area contributed by atoms with E-state index in [0.29, 0.717) is 15.8 Å². The minimum absolute atomic E-state index is 0.401. The number of rotatable bonds is 6. The molecule has 4 atom stereocenters. The highest BCUT2D eigenvalue weighted by molar-refractivity contribution is 7.59. The Morgan fingerprint density at radius 1 is 0.882 bits per heavy atom. The molecular weight excluding hydrogens is 244 g/mol. The van der Waals surface area contributed by atoms with Crippen molar-refractivity contribution in [2.24, 2.45) is 0 Å². The molecule has 0 aromatic heterocycles. The van der Waals surface area contributed by atoms with Gasteiger partial charge in [0.25, 0.3) is 0 Å². The summed E-state index contributed by atoms with van der Waals surface area (Å²) in [6.45, 7) is 7.55. The minimum Gasteiger partial charge on any atom is -0.316 e. The molecule has 0 amide bonds. The van der Waals surface area contributed by atoms with Crippen molar-refractivity contribution in [3.8, 4) is 0 Å². The van der Waals surface area contributed by atoms with Crippen LogP contribution < -0.4 is 5.32 Å². The summed E-state index contributed by atoms with van der Waals surface area (Å²) in [5.74, 6) is 0. The Kier molecular flexibility index (Phi) is 6.21. The Morgan fingerprint density at radius 3 is 1.71 bits per heavy atom. The fourth-order valence-corrected chi connectivity index (χ4v) is 8.59. The molecular formula is C14H29NP2. The van der Waals surface area contributed by atoms with Crippen LogP contribution in [0.25, 0.3) is 0 Å². The van der Waals surface area contributed by atoms with Gasteiger partial charge in [-0.25, -0.2) is 0 Å². The monoisotopic (exact) mass is 273 g/mol. The van der Waals surface area contributed by atoms with Crippen LogP contribution in [0.2, 0.25) is 0 Å². The van der Waals surface area contributed by atoms with Crippen molar-refractivity contribution in [1.82, 2.24) is 5.32 Å². The van der Waals surface area contributed by atoms with E-state index in [4.69, 9.17) is 0 Å². The Bertz CT molecular complexity index is 200. The maximum atomic E-state index is 3.71. The molecule has 2 fully saturated rings. The standard InChI is InChI=1S/C14H29NP2/c1-13-5-3-9-16(13)11-7-15-8-12-17-10-4-6-14(17)2/h13-15H,3-12H2,1-2H3. The van der Waals surface area contributed by atoms with E-state index in [9.17, 15) is 0 Å². The highest BCUT2D eigenvalue weighted by Gasteiger charge is 2.23. The van der Waals surface area contributed by atoms with E-state index < -0.39 is 0 Å². The van der Waals surface area contributed by atoms with Gasteiger partial charge in [0.2, 0.25) is 0 Å². The molecule has 0 aromatic rings. The van der Waals surface area contributed by atoms with Crippen molar-refractivity contribution in [3.63, 3.8) is 0 Å². The van der Waals surface area contributed by atoms with E-state index in [0.717, 1.165) is 11.3 Å². The molecule has 0 aromatic carbocycles. The summed E-state index contributed by atoms with van der Waals surface area (Å²) in [6, 6.07) is 0. The maximum Gasteiger partial charge on any atom is -0.000926 e. The molecule has 2 saturated heterocycles. The van der Waals surface area contributed by atoms with Crippen LogP contribution in [0.4, 0.5) is 0 Å². The van der Waals surface area contributed by atoms with Crippen LogP contribution in [0.3, 0.4) is 0 Å². The molecule has 1 nitrogen and oxygen atoms in total. The molecule has 100 valence electrons. The predicted molar refractivity (Wildman–Crippen MR) is 83.6 cm³/mol. The van der Waals surface area contributed by atoms with Gasteiger partial charge in [0.15, 0.2) is 0 Å². The minimum atomic E-state index is 0.401. The molecule has 0 bridgehead atoms. The zero-order chi connectivity index (χ0) is 12.1. The first-order valence-corrected chi connectivity index (χ1v) is 11.0. The summed E-state index contributed by atoms with van der Waals surface area (Å²) in [7, 11) is 0.802. The van der Waals surface area contributed by atoms with Gasteiger partial charge in [0, 0.05) is 0 Å². The van der Waals surface area contributed by atoms with Crippen molar-refractivity contribution < 1.29 is 0 Å². The van der Waals surface area contributed by atoms with Crippen molar-refractivity contribution >= 4 is 15.8 Å². The second-order valence-corrected chi connectivity index (χ2v) is 11.7. The van der Waals surface area contributed by atoms with E-state index in [1.165, 1.54) is 51.1 Å². The first-order valence-electron chi connectivity index (χ1n) is 7.46. The van der Waals surface area contributed by atoms with Crippen molar-refractivity contribution in [2.75, 3.05) is 37.7 Å². The van der Waals surface area contributed by atoms with Gasteiger partial charge < -0.3 is 5.32 Å². The number of nitrogens with one attached hydrogen (secondary N) is 1. The van der Waals surface area contributed by atoms with Crippen LogP contribution in [0, 0.1) is 0 Å². The van der Waals surface area contributed by atoms with Gasteiger partial charge in [-0.2, -0.15) is 0 Å². The zero-order valence-electron chi connectivity index (χ0n) is 11.6. The van der Waals surface area contributed by atoms with Gasteiger partial charge in [-0.15, -0.1) is 15.8 Å². The lowest BCUT2D eigenvalue weighted by Gasteiger charge is -2.18. The Balaban J connectivity index is 1.49. The normalized spacial score (nSPS) is 37.8. The van der Waals surface area contributed by atoms with Crippen molar-refractivity contribution in [3.05, 3.63) is 0 Å².